The Kier molecular flexibility index (Phi) is 3.72. The minimum Gasteiger partial charge on any atom is -0.348 e. The van der Waals surface area contributed by atoms with E-state index in [9.17, 15) is 9.18 Å². The van der Waals surface area contributed by atoms with E-state index in [-0.39, 0.29) is 17.8 Å². The number of hydrogen-bond donors (Lipinski definition) is 2. The molecule has 1 saturated heterocycles. The third-order valence-corrected chi connectivity index (χ3v) is 4.79. The number of nitrogens with zero attached hydrogens (tertiary/aromatic N) is 3. The van der Waals surface area contributed by atoms with Crippen molar-refractivity contribution >= 4 is 16.9 Å². The summed E-state index contributed by atoms with van der Waals surface area (Å²) in [5.74, 6) is -0.117. The Morgan fingerprint density at radius 1 is 1.30 bits per heavy atom. The van der Waals surface area contributed by atoms with Crippen LogP contribution < -0.4 is 10.2 Å². The average molecular weight is 318 g/mol. The van der Waals surface area contributed by atoms with E-state index in [4.69, 9.17) is 0 Å². The second-order valence-corrected chi connectivity index (χ2v) is 6.67. The Hall–Kier alpha value is -2.02. The van der Waals surface area contributed by atoms with Crippen LogP contribution in [0.1, 0.15) is 31.7 Å². The molecule has 2 fully saturated rings. The van der Waals surface area contributed by atoms with Crippen LogP contribution >= 0.6 is 0 Å². The summed E-state index contributed by atoms with van der Waals surface area (Å²) >= 11 is 0. The van der Waals surface area contributed by atoms with Crippen LogP contribution in [-0.2, 0) is 4.79 Å². The molecule has 1 saturated carbocycles. The topological polar surface area (TPSA) is 64.2 Å². The molecular weight excluding hydrogens is 297 g/mol. The second kappa shape index (κ2) is 5.88. The largest absolute Gasteiger partial charge is 0.348 e. The number of aromatic nitrogens is 3. The van der Waals surface area contributed by atoms with Gasteiger partial charge in [-0.1, -0.05) is 5.21 Å². The number of carbonyl (C=O) groups is 1. The molecule has 0 unspecified atom stereocenters. The summed E-state index contributed by atoms with van der Waals surface area (Å²) in [7, 11) is 0. The van der Waals surface area contributed by atoms with Crippen LogP contribution in [0.5, 0.6) is 0 Å². The molecule has 1 amide bonds. The molecule has 1 aliphatic heterocycles. The van der Waals surface area contributed by atoms with Crippen molar-refractivity contribution < 1.29 is 14.1 Å². The highest BCUT2D eigenvalue weighted by molar-refractivity contribution is 5.77. The molecule has 1 aliphatic carbocycles. The van der Waals surface area contributed by atoms with Crippen molar-refractivity contribution in [1.29, 1.82) is 0 Å². The van der Waals surface area contributed by atoms with Gasteiger partial charge >= 0.3 is 0 Å². The predicted octanol–water partition coefficient (Wildman–Crippen LogP) is 0.0688. The van der Waals surface area contributed by atoms with Gasteiger partial charge in [-0.2, -0.15) is 0 Å². The zero-order valence-corrected chi connectivity index (χ0v) is 13.0. The second-order valence-electron chi connectivity index (χ2n) is 6.67. The predicted molar refractivity (Wildman–Crippen MR) is 82.5 cm³/mol. The van der Waals surface area contributed by atoms with Crippen LogP contribution in [0.3, 0.4) is 0 Å². The molecule has 2 heterocycles. The Labute approximate surface area is 133 Å². The van der Waals surface area contributed by atoms with Crippen molar-refractivity contribution in [2.45, 2.75) is 37.8 Å². The number of piperidine rings is 1. The van der Waals surface area contributed by atoms with Crippen molar-refractivity contribution in [2.24, 2.45) is 0 Å². The summed E-state index contributed by atoms with van der Waals surface area (Å²) in [4.78, 5) is 13.2. The zero-order chi connectivity index (χ0) is 15.8. The number of halogens is 1. The van der Waals surface area contributed by atoms with Crippen LogP contribution in [0.25, 0.3) is 11.0 Å². The van der Waals surface area contributed by atoms with Gasteiger partial charge in [0.15, 0.2) is 6.54 Å². The molecule has 122 valence electrons. The Morgan fingerprint density at radius 3 is 2.83 bits per heavy atom. The fourth-order valence-electron chi connectivity index (χ4n) is 3.35. The van der Waals surface area contributed by atoms with Crippen molar-refractivity contribution in [3.63, 3.8) is 0 Å². The van der Waals surface area contributed by atoms with E-state index in [0.717, 1.165) is 44.3 Å². The molecule has 23 heavy (non-hydrogen) atoms. The number of benzene rings is 1. The Balaban J connectivity index is 1.37. The number of quaternary nitrogens is 1. The molecule has 1 aromatic carbocycles. The highest BCUT2D eigenvalue weighted by Gasteiger charge is 2.29. The molecule has 6 nitrogen and oxygen atoms in total. The fourth-order valence-corrected chi connectivity index (χ4v) is 3.35. The molecule has 0 atom stereocenters. The van der Waals surface area contributed by atoms with Crippen molar-refractivity contribution in [3.8, 4) is 0 Å². The minimum absolute atomic E-state index is 0.169. The summed E-state index contributed by atoms with van der Waals surface area (Å²) < 4.78 is 15.1. The first-order valence-corrected chi connectivity index (χ1v) is 8.32. The molecule has 4 rings (SSSR count). The normalized spacial score (nSPS) is 24.7. The highest BCUT2D eigenvalue weighted by atomic mass is 19.1. The van der Waals surface area contributed by atoms with E-state index >= 15 is 0 Å². The molecule has 0 bridgehead atoms. The monoisotopic (exact) mass is 318 g/mol. The first-order chi connectivity index (χ1) is 11.2. The lowest BCUT2D eigenvalue weighted by Gasteiger charge is -2.29. The molecule has 2 aliphatic rings. The molecule has 1 aromatic heterocycles. The van der Waals surface area contributed by atoms with Crippen LogP contribution in [0.4, 0.5) is 4.39 Å². The first-order valence-electron chi connectivity index (χ1n) is 8.32. The van der Waals surface area contributed by atoms with E-state index in [2.05, 4.69) is 15.6 Å². The fraction of sp³-hybridized carbons (Fsp3) is 0.562. The quantitative estimate of drug-likeness (QED) is 0.838. The van der Waals surface area contributed by atoms with E-state index in [0.29, 0.717) is 18.1 Å². The number of fused-ring (bicyclic) bond motifs is 1. The van der Waals surface area contributed by atoms with E-state index in [1.807, 2.05) is 4.68 Å². The van der Waals surface area contributed by atoms with Crippen LogP contribution in [0, 0.1) is 5.82 Å². The van der Waals surface area contributed by atoms with Gasteiger partial charge in [0.25, 0.3) is 5.91 Å². The number of rotatable bonds is 4. The number of likely N-dealkylation sites (tertiary alicyclic amines) is 1. The molecular formula is C16H21FN5O+. The summed E-state index contributed by atoms with van der Waals surface area (Å²) in [6.07, 6.45) is 4.18. The van der Waals surface area contributed by atoms with Gasteiger partial charge < -0.3 is 10.2 Å². The highest BCUT2D eigenvalue weighted by Crippen LogP contribution is 2.22. The number of carbonyl (C=O) groups excluding carboxylic acids is 1. The van der Waals surface area contributed by atoms with Crippen LogP contribution in [0.15, 0.2) is 18.2 Å². The van der Waals surface area contributed by atoms with E-state index < -0.39 is 0 Å². The van der Waals surface area contributed by atoms with Crippen molar-refractivity contribution in [1.82, 2.24) is 20.3 Å². The zero-order valence-electron chi connectivity index (χ0n) is 13.0. The summed E-state index contributed by atoms with van der Waals surface area (Å²) in [6, 6.07) is 5.32. The van der Waals surface area contributed by atoms with Gasteiger partial charge in [-0.3, -0.25) is 4.79 Å². The average Bonchev–Trinajstić information content (AvgIpc) is 3.24. The maximum atomic E-state index is 13.2. The standard InChI is InChI=1S/C16H20FN5O/c17-11-1-4-15-14(9-11)19-20-22(15)13-5-7-21(8-6-13)10-16(23)18-12-2-3-12/h1,4,9,12-13H,2-3,5-8,10H2,(H,18,23)/p+1. The summed E-state index contributed by atoms with van der Waals surface area (Å²) in [5.41, 5.74) is 1.48. The number of amides is 1. The molecule has 2 N–H and O–H groups in total. The first kappa shape index (κ1) is 14.6. The Morgan fingerprint density at radius 2 is 2.09 bits per heavy atom. The van der Waals surface area contributed by atoms with Gasteiger partial charge in [-0.25, -0.2) is 9.07 Å². The van der Waals surface area contributed by atoms with Gasteiger partial charge in [0.2, 0.25) is 0 Å². The maximum absolute atomic E-state index is 13.2. The van der Waals surface area contributed by atoms with Crippen LogP contribution in [0.2, 0.25) is 0 Å². The van der Waals surface area contributed by atoms with Gasteiger partial charge in [0.1, 0.15) is 11.3 Å². The minimum atomic E-state index is -0.287. The third kappa shape index (κ3) is 3.19. The lowest BCUT2D eigenvalue weighted by Crippen LogP contribution is -3.14. The SMILES string of the molecule is O=C(C[NH+]1CCC(n2nnc3cc(F)ccc32)CC1)NC1CC1. The van der Waals surface area contributed by atoms with Gasteiger partial charge in [-0.15, -0.1) is 5.10 Å². The third-order valence-electron chi connectivity index (χ3n) is 4.79. The van der Waals surface area contributed by atoms with Gasteiger partial charge in [0.05, 0.1) is 24.6 Å². The summed E-state index contributed by atoms with van der Waals surface area (Å²) in [5, 5.41) is 11.3. The van der Waals surface area contributed by atoms with Crippen LogP contribution in [-0.4, -0.2) is 46.6 Å². The lowest BCUT2D eigenvalue weighted by atomic mass is 10.0. The van der Waals surface area contributed by atoms with E-state index in [1.165, 1.54) is 17.0 Å². The Bertz CT molecular complexity index is 718. The van der Waals surface area contributed by atoms with Gasteiger partial charge in [0, 0.05) is 24.9 Å². The molecule has 0 radical (unpaired) electrons. The summed E-state index contributed by atoms with van der Waals surface area (Å²) in [6.45, 7) is 2.46. The molecule has 2 aromatic rings. The van der Waals surface area contributed by atoms with Gasteiger partial charge in [-0.05, 0) is 25.0 Å². The molecule has 0 spiro atoms. The molecule has 7 heteroatoms. The smallest absolute Gasteiger partial charge is 0.275 e. The number of hydrogen-bond acceptors (Lipinski definition) is 3. The maximum Gasteiger partial charge on any atom is 0.275 e. The lowest BCUT2D eigenvalue weighted by molar-refractivity contribution is -0.897. The van der Waals surface area contributed by atoms with Crippen molar-refractivity contribution in [2.75, 3.05) is 19.6 Å². The number of nitrogens with one attached hydrogen (secondary N) is 2. The van der Waals surface area contributed by atoms with E-state index in [1.54, 1.807) is 6.07 Å². The van der Waals surface area contributed by atoms with Crippen molar-refractivity contribution in [3.05, 3.63) is 24.0 Å².